The number of hydrogen-bond donors (Lipinski definition) is 2. The molecule has 1 saturated heterocycles. The first-order valence-corrected chi connectivity index (χ1v) is 7.94. The number of rotatable bonds is 3. The van der Waals surface area contributed by atoms with Gasteiger partial charge in [-0.05, 0) is 25.0 Å². The monoisotopic (exact) mass is 324 g/mol. The summed E-state index contributed by atoms with van der Waals surface area (Å²) in [6, 6.07) is 2.27. The van der Waals surface area contributed by atoms with Gasteiger partial charge in [0.2, 0.25) is 10.0 Å². The number of nitrogens with two attached hydrogens (primary N) is 1. The molecule has 0 bridgehead atoms. The van der Waals surface area contributed by atoms with Crippen LogP contribution in [0, 0.1) is 0 Å². The van der Waals surface area contributed by atoms with E-state index in [9.17, 15) is 13.5 Å². The van der Waals surface area contributed by atoms with Crippen LogP contribution in [0.5, 0.6) is 0 Å². The molecule has 0 radical (unpaired) electrons. The topological polar surface area (TPSA) is 83.6 Å². The highest BCUT2D eigenvalue weighted by Crippen LogP contribution is 2.35. The first kappa shape index (κ1) is 14.9. The van der Waals surface area contributed by atoms with Gasteiger partial charge in [-0.25, -0.2) is 8.42 Å². The summed E-state index contributed by atoms with van der Waals surface area (Å²) in [4.78, 5) is -0.140. The number of aliphatic hydroxyl groups excluding tert-OH is 1. The molecule has 1 aromatic rings. The zero-order valence-corrected chi connectivity index (χ0v) is 12.3. The van der Waals surface area contributed by atoms with Crippen LogP contribution in [0.3, 0.4) is 0 Å². The Hall–Kier alpha value is -0.530. The normalized spacial score (nSPS) is 20.9. The lowest BCUT2D eigenvalue weighted by molar-refractivity contribution is 0.213. The third kappa shape index (κ3) is 2.68. The summed E-state index contributed by atoms with van der Waals surface area (Å²) >= 11 is 11.7. The largest absolute Gasteiger partial charge is 0.398 e. The smallest absolute Gasteiger partial charge is 0.246 e. The molecule has 5 nitrogen and oxygen atoms in total. The van der Waals surface area contributed by atoms with Crippen LogP contribution in [0.4, 0.5) is 5.69 Å². The molecule has 106 valence electrons. The summed E-state index contributed by atoms with van der Waals surface area (Å²) in [5.41, 5.74) is 5.74. The summed E-state index contributed by atoms with van der Waals surface area (Å²) in [5.74, 6) is 0. The van der Waals surface area contributed by atoms with Gasteiger partial charge < -0.3 is 10.8 Å². The van der Waals surface area contributed by atoms with Gasteiger partial charge in [0.25, 0.3) is 0 Å². The average molecular weight is 325 g/mol. The summed E-state index contributed by atoms with van der Waals surface area (Å²) in [6.07, 6.45) is 1.33. The van der Waals surface area contributed by atoms with Crippen LogP contribution in [0.15, 0.2) is 17.0 Å². The molecular weight excluding hydrogens is 311 g/mol. The number of halogens is 2. The van der Waals surface area contributed by atoms with E-state index >= 15 is 0 Å². The molecule has 1 aliphatic rings. The molecule has 0 amide bonds. The minimum absolute atomic E-state index is 0.00594. The molecule has 1 atom stereocenters. The molecule has 8 heteroatoms. The standard InChI is InChI=1S/C11H14Cl2N2O3S/c12-7-4-9(13)11(10(14)5-7)19(17,18)15-3-1-2-8(15)6-16/h4-5,8,16H,1-3,6,14H2. The van der Waals surface area contributed by atoms with Gasteiger partial charge in [0, 0.05) is 17.6 Å². The number of hydrogen-bond acceptors (Lipinski definition) is 4. The van der Waals surface area contributed by atoms with E-state index in [0.29, 0.717) is 19.4 Å². The van der Waals surface area contributed by atoms with Gasteiger partial charge in [-0.3, -0.25) is 0 Å². The Labute approximate surface area is 122 Å². The Morgan fingerprint density at radius 3 is 2.68 bits per heavy atom. The lowest BCUT2D eigenvalue weighted by Gasteiger charge is -2.23. The molecule has 0 spiro atoms. The second-order valence-corrected chi connectivity index (χ2v) is 7.07. The van der Waals surface area contributed by atoms with E-state index in [1.54, 1.807) is 0 Å². The molecule has 0 saturated carbocycles. The number of benzene rings is 1. The lowest BCUT2D eigenvalue weighted by Crippen LogP contribution is -2.38. The molecule has 2 rings (SSSR count). The maximum absolute atomic E-state index is 12.6. The molecule has 1 heterocycles. The zero-order valence-electron chi connectivity index (χ0n) is 10.0. The second-order valence-electron chi connectivity index (χ2n) is 4.40. The van der Waals surface area contributed by atoms with Gasteiger partial charge in [-0.15, -0.1) is 0 Å². The van der Waals surface area contributed by atoms with E-state index in [2.05, 4.69) is 0 Å². The minimum atomic E-state index is -3.82. The molecule has 19 heavy (non-hydrogen) atoms. The van der Waals surface area contributed by atoms with Crippen molar-refractivity contribution in [2.75, 3.05) is 18.9 Å². The Kier molecular flexibility index (Phi) is 4.27. The van der Waals surface area contributed by atoms with Crippen LogP contribution in [-0.4, -0.2) is 37.0 Å². The Morgan fingerprint density at radius 2 is 2.11 bits per heavy atom. The first-order chi connectivity index (χ1) is 8.87. The highest BCUT2D eigenvalue weighted by molar-refractivity contribution is 7.89. The molecule has 0 aliphatic carbocycles. The fraction of sp³-hybridized carbons (Fsp3) is 0.455. The van der Waals surface area contributed by atoms with Crippen molar-refractivity contribution < 1.29 is 13.5 Å². The molecule has 1 unspecified atom stereocenters. The summed E-state index contributed by atoms with van der Waals surface area (Å²) in [7, 11) is -3.82. The average Bonchev–Trinajstić information content (AvgIpc) is 2.75. The van der Waals surface area contributed by atoms with Crippen molar-refractivity contribution in [2.24, 2.45) is 0 Å². The van der Waals surface area contributed by atoms with Gasteiger partial charge in [0.1, 0.15) is 4.90 Å². The molecule has 1 fully saturated rings. The molecule has 1 aliphatic heterocycles. The van der Waals surface area contributed by atoms with Gasteiger partial charge in [-0.1, -0.05) is 23.2 Å². The molecule has 1 aromatic carbocycles. The van der Waals surface area contributed by atoms with E-state index in [1.807, 2.05) is 0 Å². The van der Waals surface area contributed by atoms with Crippen molar-refractivity contribution in [3.8, 4) is 0 Å². The Morgan fingerprint density at radius 1 is 1.42 bits per heavy atom. The quantitative estimate of drug-likeness (QED) is 0.829. The minimum Gasteiger partial charge on any atom is -0.398 e. The van der Waals surface area contributed by atoms with Crippen LogP contribution >= 0.6 is 23.2 Å². The van der Waals surface area contributed by atoms with E-state index < -0.39 is 16.1 Å². The summed E-state index contributed by atoms with van der Waals surface area (Å²) < 4.78 is 26.4. The van der Waals surface area contributed by atoms with Crippen molar-refractivity contribution in [1.29, 1.82) is 0 Å². The lowest BCUT2D eigenvalue weighted by atomic mass is 10.2. The van der Waals surface area contributed by atoms with Crippen molar-refractivity contribution in [2.45, 2.75) is 23.8 Å². The predicted octanol–water partition coefficient (Wildman–Crippen LogP) is 1.72. The number of nitrogen functional groups attached to an aromatic ring is 1. The van der Waals surface area contributed by atoms with Gasteiger partial charge in [-0.2, -0.15) is 4.31 Å². The van der Waals surface area contributed by atoms with Gasteiger partial charge in [0.05, 0.1) is 17.3 Å². The SMILES string of the molecule is Nc1cc(Cl)cc(Cl)c1S(=O)(=O)N1CCCC1CO. The third-order valence-corrected chi connectivity index (χ3v) is 5.84. The third-order valence-electron chi connectivity index (χ3n) is 3.14. The van der Waals surface area contributed by atoms with Gasteiger partial charge >= 0.3 is 0 Å². The van der Waals surface area contributed by atoms with E-state index in [4.69, 9.17) is 28.9 Å². The fourth-order valence-corrected chi connectivity index (χ4v) is 4.91. The Bertz CT molecular complexity index is 569. The maximum Gasteiger partial charge on any atom is 0.246 e. The van der Waals surface area contributed by atoms with Crippen molar-refractivity contribution in [3.63, 3.8) is 0 Å². The van der Waals surface area contributed by atoms with Crippen molar-refractivity contribution >= 4 is 38.9 Å². The van der Waals surface area contributed by atoms with Crippen LogP contribution in [-0.2, 0) is 10.0 Å². The highest BCUT2D eigenvalue weighted by atomic mass is 35.5. The van der Waals surface area contributed by atoms with E-state index in [1.165, 1.54) is 16.4 Å². The van der Waals surface area contributed by atoms with E-state index in [0.717, 1.165) is 0 Å². The number of sulfonamides is 1. The summed E-state index contributed by atoms with van der Waals surface area (Å²) in [5, 5.41) is 9.51. The number of aliphatic hydroxyl groups is 1. The van der Waals surface area contributed by atoms with Crippen LogP contribution in [0.25, 0.3) is 0 Å². The van der Waals surface area contributed by atoms with Crippen molar-refractivity contribution in [1.82, 2.24) is 4.31 Å². The van der Waals surface area contributed by atoms with E-state index in [-0.39, 0.29) is 27.2 Å². The van der Waals surface area contributed by atoms with Gasteiger partial charge in [0.15, 0.2) is 0 Å². The van der Waals surface area contributed by atoms with Crippen LogP contribution in [0.2, 0.25) is 10.0 Å². The zero-order chi connectivity index (χ0) is 14.2. The number of anilines is 1. The molecule has 3 N–H and O–H groups in total. The fourth-order valence-electron chi connectivity index (χ4n) is 2.28. The number of nitrogens with zero attached hydrogens (tertiary/aromatic N) is 1. The highest BCUT2D eigenvalue weighted by Gasteiger charge is 2.37. The van der Waals surface area contributed by atoms with Crippen LogP contribution < -0.4 is 5.73 Å². The van der Waals surface area contributed by atoms with Crippen molar-refractivity contribution in [3.05, 3.63) is 22.2 Å². The van der Waals surface area contributed by atoms with Crippen LogP contribution in [0.1, 0.15) is 12.8 Å². The first-order valence-electron chi connectivity index (χ1n) is 5.75. The second kappa shape index (κ2) is 5.46. The molecule has 0 aromatic heterocycles. The predicted molar refractivity (Wildman–Crippen MR) is 74.9 cm³/mol. The maximum atomic E-state index is 12.6. The summed E-state index contributed by atoms with van der Waals surface area (Å²) in [6.45, 7) is 0.135. The molecular formula is C11H14Cl2N2O3S. The Balaban J connectivity index is 2.51.